The molecule has 6 atom stereocenters. The Kier molecular flexibility index (Phi) is 18.7. The molecule has 0 aliphatic heterocycles. The van der Waals surface area contributed by atoms with E-state index in [1.807, 2.05) is 41.5 Å². The maximum absolute atomic E-state index is 13.6. The predicted molar refractivity (Wildman–Crippen MR) is 173 cm³/mol. The van der Waals surface area contributed by atoms with Crippen LogP contribution in [0.5, 0.6) is 0 Å². The normalized spacial score (nSPS) is 15.3. The fraction of sp³-hybridized carbons (Fsp3) is 0.774. The van der Waals surface area contributed by atoms with Crippen LogP contribution in [-0.2, 0) is 33.6 Å². The van der Waals surface area contributed by atoms with Crippen LogP contribution in [0, 0.1) is 23.7 Å². The summed E-state index contributed by atoms with van der Waals surface area (Å²) >= 11 is 0. The van der Waals surface area contributed by atoms with Crippen LogP contribution in [0.4, 0.5) is 0 Å². The van der Waals surface area contributed by atoms with E-state index in [1.165, 1.54) is 13.8 Å². The molecule has 0 spiro atoms. The number of rotatable bonds is 20. The molecule has 0 radical (unpaired) electrons. The molecule has 0 saturated carbocycles. The fourth-order valence-electron chi connectivity index (χ4n) is 4.43. The smallest absolute Gasteiger partial charge is 0.322 e. The minimum absolute atomic E-state index is 0.0154. The molecule has 0 aliphatic carbocycles. The van der Waals surface area contributed by atoms with Gasteiger partial charge in [-0.25, -0.2) is 0 Å². The second kappa shape index (κ2) is 20.4. The number of carboxylic acids is 1. The summed E-state index contributed by atoms with van der Waals surface area (Å²) in [5.74, 6) is -5.30. The summed E-state index contributed by atoms with van der Waals surface area (Å²) < 4.78 is 0. The zero-order valence-corrected chi connectivity index (χ0v) is 29.0. The lowest BCUT2D eigenvalue weighted by molar-refractivity contribution is -0.138. The molecule has 6 unspecified atom stereocenters. The van der Waals surface area contributed by atoms with Crippen LogP contribution in [-0.4, -0.2) is 89.3 Å². The van der Waals surface area contributed by atoms with Crippen molar-refractivity contribution in [3.8, 4) is 0 Å². The predicted octanol–water partition coefficient (Wildman–Crippen LogP) is -0.227. The van der Waals surface area contributed by atoms with Gasteiger partial charge in [0, 0.05) is 0 Å². The molecule has 15 nitrogen and oxygen atoms in total. The van der Waals surface area contributed by atoms with E-state index in [-0.39, 0.29) is 30.6 Å². The van der Waals surface area contributed by atoms with E-state index in [4.69, 9.17) is 10.8 Å². The third kappa shape index (κ3) is 16.5. The quantitative estimate of drug-likeness (QED) is 0.0863. The van der Waals surface area contributed by atoms with E-state index >= 15 is 0 Å². The molecule has 0 saturated heterocycles. The SMILES string of the molecule is CC(C)CC(NC(=O)C(C)N)C(=O)NC(CC(C)C)C(=O)NC(C(=O)NC(CC(C)C)C(=O)NC(C)C(=O)NCC(=O)O)C(C)C. The van der Waals surface area contributed by atoms with Gasteiger partial charge in [0.1, 0.15) is 36.8 Å². The maximum atomic E-state index is 13.6. The molecule has 0 aromatic heterocycles. The monoisotopic (exact) mass is 655 g/mol. The summed E-state index contributed by atoms with van der Waals surface area (Å²) in [5, 5.41) is 24.2. The number of carbonyl (C=O) groups excluding carboxylic acids is 6. The second-order valence-corrected chi connectivity index (χ2v) is 13.4. The molecule has 46 heavy (non-hydrogen) atoms. The lowest BCUT2D eigenvalue weighted by Gasteiger charge is -2.29. The molecule has 0 aromatic carbocycles. The summed E-state index contributed by atoms with van der Waals surface area (Å²) in [7, 11) is 0. The average molecular weight is 656 g/mol. The Labute approximate surface area is 272 Å². The van der Waals surface area contributed by atoms with E-state index in [9.17, 15) is 33.6 Å². The van der Waals surface area contributed by atoms with E-state index in [0.29, 0.717) is 6.42 Å². The van der Waals surface area contributed by atoms with Crippen LogP contribution in [0.15, 0.2) is 0 Å². The Morgan fingerprint density at radius 3 is 1.26 bits per heavy atom. The van der Waals surface area contributed by atoms with Gasteiger partial charge in [-0.15, -0.1) is 0 Å². The van der Waals surface area contributed by atoms with E-state index in [0.717, 1.165) is 0 Å². The van der Waals surface area contributed by atoms with Crippen molar-refractivity contribution in [2.75, 3.05) is 6.54 Å². The van der Waals surface area contributed by atoms with Crippen molar-refractivity contribution in [1.82, 2.24) is 31.9 Å². The maximum Gasteiger partial charge on any atom is 0.322 e. The van der Waals surface area contributed by atoms with Crippen molar-refractivity contribution in [3.63, 3.8) is 0 Å². The Morgan fingerprint density at radius 1 is 0.522 bits per heavy atom. The zero-order valence-electron chi connectivity index (χ0n) is 29.0. The highest BCUT2D eigenvalue weighted by Gasteiger charge is 2.34. The minimum Gasteiger partial charge on any atom is -0.480 e. The molecular weight excluding hydrogens is 598 g/mol. The molecule has 0 fully saturated rings. The Morgan fingerprint density at radius 2 is 0.891 bits per heavy atom. The summed E-state index contributed by atoms with van der Waals surface area (Å²) in [6.07, 6.45) is 0.784. The van der Waals surface area contributed by atoms with Gasteiger partial charge in [0.25, 0.3) is 0 Å². The summed E-state index contributed by atoms with van der Waals surface area (Å²) in [6.45, 7) is 16.9. The van der Waals surface area contributed by atoms with Gasteiger partial charge in [-0.1, -0.05) is 55.4 Å². The number of hydrogen-bond acceptors (Lipinski definition) is 8. The lowest BCUT2D eigenvalue weighted by atomic mass is 9.97. The summed E-state index contributed by atoms with van der Waals surface area (Å²) in [6, 6.07) is -5.99. The molecule has 0 heterocycles. The molecule has 15 heteroatoms. The molecule has 264 valence electrons. The number of amides is 6. The molecule has 0 aliphatic rings. The minimum atomic E-state index is -1.24. The molecule has 0 aromatic rings. The molecular formula is C31H57N7O8. The van der Waals surface area contributed by atoms with Crippen LogP contribution in [0.1, 0.15) is 88.5 Å². The summed E-state index contributed by atoms with van der Waals surface area (Å²) in [5.41, 5.74) is 5.67. The van der Waals surface area contributed by atoms with Crippen LogP contribution >= 0.6 is 0 Å². The number of nitrogens with two attached hydrogens (primary N) is 1. The van der Waals surface area contributed by atoms with Crippen LogP contribution in [0.3, 0.4) is 0 Å². The Balaban J connectivity index is 5.90. The molecule has 0 bridgehead atoms. The Hall–Kier alpha value is -3.75. The van der Waals surface area contributed by atoms with Crippen LogP contribution < -0.4 is 37.6 Å². The van der Waals surface area contributed by atoms with Crippen molar-refractivity contribution < 1.29 is 38.7 Å². The third-order valence-corrected chi connectivity index (χ3v) is 6.85. The first kappa shape index (κ1) is 42.2. The van der Waals surface area contributed by atoms with Crippen LogP contribution in [0.25, 0.3) is 0 Å². The van der Waals surface area contributed by atoms with Gasteiger partial charge in [0.05, 0.1) is 6.04 Å². The highest BCUT2D eigenvalue weighted by Crippen LogP contribution is 2.12. The van der Waals surface area contributed by atoms with Crippen LogP contribution in [0.2, 0.25) is 0 Å². The van der Waals surface area contributed by atoms with Crippen molar-refractivity contribution in [2.24, 2.45) is 29.4 Å². The lowest BCUT2D eigenvalue weighted by Crippen LogP contribution is -2.60. The number of carboxylic acid groups (broad SMARTS) is 1. The third-order valence-electron chi connectivity index (χ3n) is 6.85. The first-order valence-corrected chi connectivity index (χ1v) is 15.9. The van der Waals surface area contributed by atoms with Crippen molar-refractivity contribution in [2.45, 2.75) is 125 Å². The zero-order chi connectivity index (χ0) is 35.9. The highest BCUT2D eigenvalue weighted by atomic mass is 16.4. The average Bonchev–Trinajstić information content (AvgIpc) is 2.91. The van der Waals surface area contributed by atoms with Crippen molar-refractivity contribution in [3.05, 3.63) is 0 Å². The first-order valence-electron chi connectivity index (χ1n) is 15.9. The largest absolute Gasteiger partial charge is 0.480 e. The second-order valence-electron chi connectivity index (χ2n) is 13.4. The van der Waals surface area contributed by atoms with Gasteiger partial charge in [0.2, 0.25) is 35.4 Å². The molecule has 6 amide bonds. The number of carbonyl (C=O) groups is 7. The van der Waals surface area contributed by atoms with Gasteiger partial charge >= 0.3 is 5.97 Å². The van der Waals surface area contributed by atoms with Crippen molar-refractivity contribution >= 4 is 41.4 Å². The van der Waals surface area contributed by atoms with E-state index in [1.54, 1.807) is 13.8 Å². The standard InChI is InChI=1S/C31H57N7O8/c1-15(2)11-21(28(43)34-20(10)27(42)33-14-24(39)40)37-31(46)25(18(7)8)38-30(45)23(13-17(5)6)36-29(44)22(12-16(3)4)35-26(41)19(9)32/h15-23,25H,11-14,32H2,1-10H3,(H,33,42)(H,34,43)(H,35,41)(H,36,44)(H,37,46)(H,38,45)(H,39,40). The molecule has 9 N–H and O–H groups in total. The van der Waals surface area contributed by atoms with Gasteiger partial charge in [-0.3, -0.25) is 33.6 Å². The number of nitrogens with one attached hydrogen (secondary N) is 6. The topological polar surface area (TPSA) is 238 Å². The summed E-state index contributed by atoms with van der Waals surface area (Å²) in [4.78, 5) is 88.6. The van der Waals surface area contributed by atoms with Gasteiger partial charge in [0.15, 0.2) is 0 Å². The number of hydrogen-bond donors (Lipinski definition) is 8. The van der Waals surface area contributed by atoms with Crippen molar-refractivity contribution in [1.29, 1.82) is 0 Å². The first-order chi connectivity index (χ1) is 21.2. The van der Waals surface area contributed by atoms with Gasteiger partial charge < -0.3 is 42.7 Å². The highest BCUT2D eigenvalue weighted by molar-refractivity contribution is 5.96. The number of aliphatic carboxylic acids is 1. The van der Waals surface area contributed by atoms with E-state index < -0.39 is 90.1 Å². The van der Waals surface area contributed by atoms with Gasteiger partial charge in [-0.05, 0) is 56.8 Å². The Bertz CT molecular complexity index is 1060. The van der Waals surface area contributed by atoms with Gasteiger partial charge in [-0.2, -0.15) is 0 Å². The fourth-order valence-corrected chi connectivity index (χ4v) is 4.43. The molecule has 0 rings (SSSR count). The van der Waals surface area contributed by atoms with E-state index in [2.05, 4.69) is 31.9 Å².